The van der Waals surface area contributed by atoms with E-state index in [1.165, 1.54) is 6.92 Å². The molecule has 7 rings (SSSR count). The van der Waals surface area contributed by atoms with Crippen LogP contribution in [0.4, 0.5) is 0 Å². The van der Waals surface area contributed by atoms with Gasteiger partial charge in [0, 0.05) is 5.57 Å². The number of aliphatic hydroxyl groups excluding tert-OH is 9. The smallest absolute Gasteiger partial charge is 0.331 e. The van der Waals surface area contributed by atoms with Crippen LogP contribution >= 0.6 is 0 Å². The zero-order valence-corrected chi connectivity index (χ0v) is 39.2. The SMILES string of the molecule is C=C(C)[C@@H]1CC[C@]2(C(=O)O[C@@H]3O[C@H](CO[C@@H]4O[C@H](CO)[C@@H](O[C@@H]5O[C@@H](C)[C@H](O)[C@@H](O)[C@H]5O)[C@H](O)[C@H]4O)[C@@H](O)[C@H](O)[C@H]3O)CC[C@]3(C)[C@H](CC[C@@H]4[C@@](C)(CCC)[C@H](C(=C)C(=O)O)CC[C@]43C)[C@@H]12. The molecule has 66 heavy (non-hydrogen) atoms. The summed E-state index contributed by atoms with van der Waals surface area (Å²) in [5.41, 5.74) is -0.377. The maximum atomic E-state index is 14.9. The molecular weight excluding hydrogens is 865 g/mol. The number of allylic oxidation sites excluding steroid dienone is 1. The fourth-order valence-electron chi connectivity index (χ4n) is 14.7. The number of carbonyl (C=O) groups excluding carboxylic acids is 1. The summed E-state index contributed by atoms with van der Waals surface area (Å²) < 4.78 is 34.7. The summed E-state index contributed by atoms with van der Waals surface area (Å²) in [4.78, 5) is 27.3. The number of carbonyl (C=O) groups is 2. The molecule has 4 saturated carbocycles. The first-order chi connectivity index (χ1) is 30.9. The van der Waals surface area contributed by atoms with E-state index >= 15 is 0 Å². The topological polar surface area (TPSA) is 292 Å². The van der Waals surface area contributed by atoms with Crippen molar-refractivity contribution in [1.82, 2.24) is 0 Å². The highest BCUT2D eigenvalue weighted by molar-refractivity contribution is 5.86. The number of carboxylic acid groups (broad SMARTS) is 1. The fourth-order valence-corrected chi connectivity index (χ4v) is 14.7. The molecule has 10 N–H and O–H groups in total. The zero-order chi connectivity index (χ0) is 48.6. The Labute approximate surface area is 386 Å². The number of rotatable bonds is 13. The van der Waals surface area contributed by atoms with Crippen molar-refractivity contribution in [3.63, 3.8) is 0 Å². The number of hydrogen-bond donors (Lipinski definition) is 10. The van der Waals surface area contributed by atoms with Crippen molar-refractivity contribution in [2.45, 2.75) is 198 Å². The molecule has 4 aliphatic carbocycles. The maximum absolute atomic E-state index is 14.9. The summed E-state index contributed by atoms with van der Waals surface area (Å²) in [6.45, 7) is 19.7. The molecule has 0 aromatic carbocycles. The molecule has 376 valence electrons. The van der Waals surface area contributed by atoms with Gasteiger partial charge < -0.3 is 79.5 Å². The van der Waals surface area contributed by atoms with E-state index in [0.717, 1.165) is 44.1 Å². The van der Waals surface area contributed by atoms with Crippen LogP contribution < -0.4 is 0 Å². The van der Waals surface area contributed by atoms with Crippen LogP contribution in [0.25, 0.3) is 0 Å². The van der Waals surface area contributed by atoms with Gasteiger partial charge in [0.2, 0.25) is 6.29 Å². The monoisotopic (exact) mass is 941 g/mol. The number of hydrogen-bond acceptors (Lipinski definition) is 17. The second-order valence-corrected chi connectivity index (χ2v) is 21.7. The molecule has 0 aromatic rings. The van der Waals surface area contributed by atoms with Gasteiger partial charge in [0.15, 0.2) is 12.6 Å². The number of aliphatic hydroxyl groups is 9. The van der Waals surface area contributed by atoms with Gasteiger partial charge in [-0.25, -0.2) is 4.79 Å². The Bertz CT molecular complexity index is 1800. The van der Waals surface area contributed by atoms with Gasteiger partial charge >= 0.3 is 11.9 Å². The first-order valence-electron chi connectivity index (χ1n) is 24.0. The summed E-state index contributed by atoms with van der Waals surface area (Å²) >= 11 is 0. The van der Waals surface area contributed by atoms with E-state index in [-0.39, 0.29) is 51.4 Å². The fraction of sp³-hybridized carbons (Fsp3) is 0.875. The Morgan fingerprint density at radius 1 is 0.712 bits per heavy atom. The largest absolute Gasteiger partial charge is 0.478 e. The lowest BCUT2D eigenvalue weighted by molar-refractivity contribution is -0.361. The van der Waals surface area contributed by atoms with Crippen LogP contribution in [0.2, 0.25) is 0 Å². The standard InChI is InChI=1S/C48H76O18/c1-9-14-45(6)25(22(4)40(58)59)13-15-47(8)29(45)11-10-26-30-24(21(2)3)12-16-48(30,18-17-46(26,47)7)44(60)66-43-37(56)34(53)32(51)28(64-43)20-61-41-38(57)35(54)39(27(19-49)63-41)65-42-36(55)33(52)31(50)23(5)62-42/h23-39,41-43,49-57H,2,4,9-20H2,1,3,5-8H3,(H,58,59)/t23-,24-,25-,26+,27+,28+,29+,30+,31-,32+,33+,34-,35+,36+,37+,38+,39+,41+,42-,43-,45-,46+,47+,48-/m0/s1. The Balaban J connectivity index is 1.06. The molecule has 3 aliphatic heterocycles. The van der Waals surface area contributed by atoms with Gasteiger partial charge in [0.05, 0.1) is 24.7 Å². The third kappa shape index (κ3) is 8.33. The maximum Gasteiger partial charge on any atom is 0.331 e. The summed E-state index contributed by atoms with van der Waals surface area (Å²) in [7, 11) is 0. The normalized spacial score (nSPS) is 51.5. The highest BCUT2D eigenvalue weighted by Gasteiger charge is 2.71. The van der Waals surface area contributed by atoms with Crippen molar-refractivity contribution in [2.75, 3.05) is 13.2 Å². The van der Waals surface area contributed by atoms with E-state index in [1.807, 2.05) is 6.92 Å². The molecule has 0 bridgehead atoms. The lowest BCUT2D eigenvalue weighted by Crippen LogP contribution is -2.65. The predicted octanol–water partition coefficient (Wildman–Crippen LogP) is 1.28. The Morgan fingerprint density at radius 2 is 1.35 bits per heavy atom. The molecule has 18 nitrogen and oxygen atoms in total. The number of ether oxygens (including phenoxy) is 6. The highest BCUT2D eigenvalue weighted by Crippen LogP contribution is 2.76. The number of aliphatic carboxylic acids is 1. The van der Waals surface area contributed by atoms with E-state index in [9.17, 15) is 60.7 Å². The van der Waals surface area contributed by atoms with Gasteiger partial charge in [-0.3, -0.25) is 4.79 Å². The number of carboxylic acids is 1. The molecule has 24 atom stereocenters. The van der Waals surface area contributed by atoms with Crippen LogP contribution in [-0.4, -0.2) is 168 Å². The van der Waals surface area contributed by atoms with Crippen molar-refractivity contribution in [3.8, 4) is 0 Å². The third-order valence-electron chi connectivity index (χ3n) is 18.5. The average molecular weight is 941 g/mol. The van der Waals surface area contributed by atoms with Crippen molar-refractivity contribution in [3.05, 3.63) is 24.3 Å². The van der Waals surface area contributed by atoms with E-state index in [0.29, 0.717) is 25.7 Å². The van der Waals surface area contributed by atoms with Gasteiger partial charge in [-0.05, 0) is 117 Å². The molecule has 0 spiro atoms. The lowest BCUT2D eigenvalue weighted by Gasteiger charge is -2.70. The minimum atomic E-state index is -1.86. The quantitative estimate of drug-likeness (QED) is 0.0707. The van der Waals surface area contributed by atoms with Crippen LogP contribution in [0.5, 0.6) is 0 Å². The Hall–Kier alpha value is -2.14. The van der Waals surface area contributed by atoms with Crippen LogP contribution in [-0.2, 0) is 38.0 Å². The third-order valence-corrected chi connectivity index (χ3v) is 18.5. The second-order valence-electron chi connectivity index (χ2n) is 21.7. The number of fused-ring (bicyclic) bond motifs is 5. The highest BCUT2D eigenvalue weighted by atomic mass is 16.8. The van der Waals surface area contributed by atoms with Crippen LogP contribution in [0, 0.1) is 51.2 Å². The van der Waals surface area contributed by atoms with Crippen LogP contribution in [0.15, 0.2) is 24.3 Å². The molecule has 7 aliphatic rings. The van der Waals surface area contributed by atoms with Crippen molar-refractivity contribution in [1.29, 1.82) is 0 Å². The van der Waals surface area contributed by atoms with Gasteiger partial charge in [-0.2, -0.15) is 0 Å². The molecular formula is C48H76O18. The lowest BCUT2D eigenvalue weighted by atomic mass is 9.34. The van der Waals surface area contributed by atoms with Gasteiger partial charge in [-0.15, -0.1) is 0 Å². The van der Waals surface area contributed by atoms with E-state index in [1.54, 1.807) is 0 Å². The van der Waals surface area contributed by atoms with E-state index in [2.05, 4.69) is 40.9 Å². The van der Waals surface area contributed by atoms with Crippen molar-refractivity contribution < 1.29 is 89.1 Å². The summed E-state index contributed by atoms with van der Waals surface area (Å²) in [5, 5.41) is 106. The minimum absolute atomic E-state index is 0.00608. The number of esters is 1. The van der Waals surface area contributed by atoms with E-state index < -0.39 is 123 Å². The zero-order valence-electron chi connectivity index (χ0n) is 39.2. The van der Waals surface area contributed by atoms with Gasteiger partial charge in [0.25, 0.3) is 0 Å². The minimum Gasteiger partial charge on any atom is -0.478 e. The molecule has 0 amide bonds. The Kier molecular flexibility index (Phi) is 15.1. The summed E-state index contributed by atoms with van der Waals surface area (Å²) in [6.07, 6.45) is -16.8. The predicted molar refractivity (Wildman–Crippen MR) is 231 cm³/mol. The average Bonchev–Trinajstić information content (AvgIpc) is 3.68. The Morgan fingerprint density at radius 3 is 1.98 bits per heavy atom. The first-order valence-corrected chi connectivity index (χ1v) is 24.0. The molecule has 3 heterocycles. The van der Waals surface area contributed by atoms with E-state index in [4.69, 9.17) is 28.4 Å². The molecule has 3 saturated heterocycles. The molecule has 0 aromatic heterocycles. The van der Waals surface area contributed by atoms with Gasteiger partial charge in [-0.1, -0.05) is 52.8 Å². The van der Waals surface area contributed by atoms with Crippen LogP contribution in [0.3, 0.4) is 0 Å². The molecule has 0 unspecified atom stereocenters. The van der Waals surface area contributed by atoms with Crippen molar-refractivity contribution >= 4 is 11.9 Å². The van der Waals surface area contributed by atoms with Gasteiger partial charge in [0.1, 0.15) is 67.1 Å². The summed E-state index contributed by atoms with van der Waals surface area (Å²) in [5.74, 6) is -1.50. The van der Waals surface area contributed by atoms with Crippen molar-refractivity contribution in [2.24, 2.45) is 51.2 Å². The summed E-state index contributed by atoms with van der Waals surface area (Å²) in [6, 6.07) is 0. The molecule has 7 fully saturated rings. The first kappa shape index (κ1) is 51.7. The molecule has 0 radical (unpaired) electrons. The molecule has 18 heteroatoms. The second kappa shape index (κ2) is 19.2. The van der Waals surface area contributed by atoms with Crippen LogP contribution in [0.1, 0.15) is 106 Å².